The van der Waals surface area contributed by atoms with Crippen LogP contribution in [0.3, 0.4) is 0 Å². The lowest BCUT2D eigenvalue weighted by molar-refractivity contribution is -0.138. The molecule has 2 aromatic heterocycles. The van der Waals surface area contributed by atoms with Crippen molar-refractivity contribution in [1.29, 1.82) is 0 Å². The van der Waals surface area contributed by atoms with Crippen molar-refractivity contribution in [2.45, 2.75) is 52.6 Å². The summed E-state index contributed by atoms with van der Waals surface area (Å²) in [6.45, 7) is 7.97. The number of benzene rings is 1. The quantitative estimate of drug-likeness (QED) is 0.490. The summed E-state index contributed by atoms with van der Waals surface area (Å²) < 4.78 is 1.40. The van der Waals surface area contributed by atoms with Crippen LogP contribution in [0.5, 0.6) is 0 Å². The van der Waals surface area contributed by atoms with Gasteiger partial charge in [-0.2, -0.15) is 0 Å². The third-order valence-corrected chi connectivity index (χ3v) is 5.81. The van der Waals surface area contributed by atoms with E-state index in [4.69, 9.17) is 0 Å². The fraction of sp³-hybridized carbons (Fsp3) is 0.333. The molecule has 0 spiro atoms. The second-order valence-electron chi connectivity index (χ2n) is 9.02. The van der Waals surface area contributed by atoms with E-state index in [9.17, 15) is 19.5 Å². The van der Waals surface area contributed by atoms with Gasteiger partial charge in [0.15, 0.2) is 0 Å². The summed E-state index contributed by atoms with van der Waals surface area (Å²) in [4.78, 5) is 41.8. The van der Waals surface area contributed by atoms with Crippen molar-refractivity contribution in [3.8, 4) is 11.1 Å². The van der Waals surface area contributed by atoms with Gasteiger partial charge < -0.3 is 15.0 Å². The number of aromatic nitrogens is 2. The van der Waals surface area contributed by atoms with Crippen molar-refractivity contribution in [1.82, 2.24) is 14.9 Å². The van der Waals surface area contributed by atoms with Gasteiger partial charge in [-0.3, -0.25) is 19.4 Å². The molecule has 0 bridgehead atoms. The number of carbonyl (C=O) groups excluding carboxylic acids is 1. The molecule has 2 heterocycles. The van der Waals surface area contributed by atoms with Gasteiger partial charge in [-0.05, 0) is 60.6 Å². The van der Waals surface area contributed by atoms with Crippen molar-refractivity contribution in [2.24, 2.45) is 5.92 Å². The molecule has 3 aromatic rings. The van der Waals surface area contributed by atoms with E-state index in [2.05, 4.69) is 10.3 Å². The predicted molar refractivity (Wildman–Crippen MR) is 131 cm³/mol. The van der Waals surface area contributed by atoms with Crippen molar-refractivity contribution in [3.05, 3.63) is 88.1 Å². The summed E-state index contributed by atoms with van der Waals surface area (Å²) in [6, 6.07) is 11.1. The van der Waals surface area contributed by atoms with Gasteiger partial charge in [-0.25, -0.2) is 0 Å². The summed E-state index contributed by atoms with van der Waals surface area (Å²) in [5, 5.41) is 12.4. The van der Waals surface area contributed by atoms with Crippen molar-refractivity contribution < 1.29 is 14.7 Å². The Morgan fingerprint density at radius 2 is 1.76 bits per heavy atom. The first-order chi connectivity index (χ1) is 16.2. The van der Waals surface area contributed by atoms with E-state index in [-0.39, 0.29) is 17.9 Å². The van der Waals surface area contributed by atoms with Gasteiger partial charge in [-0.1, -0.05) is 38.1 Å². The molecular formula is C27H31N3O4. The SMILES string of the molecule is Cc1cccc(C)c1-c1cncc([C@H](CC(=O)O)NC(=O)[C@H](CC(C)C)n2ccccc2=O)c1. The molecule has 0 unspecified atom stereocenters. The van der Waals surface area contributed by atoms with Gasteiger partial charge in [0.1, 0.15) is 6.04 Å². The number of carboxylic acids is 1. The third-order valence-electron chi connectivity index (χ3n) is 5.81. The highest BCUT2D eigenvalue weighted by atomic mass is 16.4. The summed E-state index contributed by atoms with van der Waals surface area (Å²) in [5.41, 5.74) is 4.37. The molecule has 7 nitrogen and oxygen atoms in total. The van der Waals surface area contributed by atoms with Crippen molar-refractivity contribution in [2.75, 3.05) is 0 Å². The standard InChI is InChI=1S/C27H31N3O4/c1-17(2)12-23(30-11-6-5-10-24(30)31)27(34)29-22(14-25(32)33)20-13-21(16-28-15-20)26-18(3)8-7-9-19(26)4/h5-11,13,15-17,22-23H,12,14H2,1-4H3,(H,29,34)(H,32,33)/t22-,23-/m0/s1. The summed E-state index contributed by atoms with van der Waals surface area (Å²) in [6.07, 6.45) is 5.04. The van der Waals surface area contributed by atoms with Crippen molar-refractivity contribution in [3.63, 3.8) is 0 Å². The Morgan fingerprint density at radius 3 is 2.38 bits per heavy atom. The fourth-order valence-corrected chi connectivity index (χ4v) is 4.24. The normalized spacial score (nSPS) is 12.9. The number of pyridine rings is 2. The second kappa shape index (κ2) is 10.9. The molecule has 7 heteroatoms. The molecule has 0 aliphatic carbocycles. The molecule has 0 fully saturated rings. The maximum Gasteiger partial charge on any atom is 0.305 e. The average molecular weight is 462 g/mol. The molecule has 0 aliphatic rings. The summed E-state index contributed by atoms with van der Waals surface area (Å²) >= 11 is 0. The van der Waals surface area contributed by atoms with Crippen LogP contribution >= 0.6 is 0 Å². The van der Waals surface area contributed by atoms with Crippen LogP contribution in [0.2, 0.25) is 0 Å². The first kappa shape index (κ1) is 24.9. The number of carbonyl (C=O) groups is 2. The van der Waals surface area contributed by atoms with Gasteiger partial charge in [0.25, 0.3) is 5.56 Å². The van der Waals surface area contributed by atoms with Crippen LogP contribution in [0.4, 0.5) is 0 Å². The number of aliphatic carboxylic acids is 1. The molecule has 178 valence electrons. The number of hydrogen-bond acceptors (Lipinski definition) is 4. The molecule has 1 aromatic carbocycles. The Morgan fingerprint density at radius 1 is 1.06 bits per heavy atom. The van der Waals surface area contributed by atoms with E-state index < -0.39 is 24.0 Å². The smallest absolute Gasteiger partial charge is 0.305 e. The molecule has 0 saturated carbocycles. The molecule has 0 radical (unpaired) electrons. The van der Waals surface area contributed by atoms with E-state index >= 15 is 0 Å². The summed E-state index contributed by atoms with van der Waals surface area (Å²) in [7, 11) is 0. The molecule has 3 rings (SSSR count). The minimum absolute atomic E-state index is 0.148. The number of hydrogen-bond donors (Lipinski definition) is 2. The van der Waals surface area contributed by atoms with Crippen LogP contribution in [0.15, 0.2) is 65.8 Å². The van der Waals surface area contributed by atoms with Crippen molar-refractivity contribution >= 4 is 11.9 Å². The lowest BCUT2D eigenvalue weighted by atomic mass is 9.94. The number of carboxylic acid groups (broad SMARTS) is 1. The molecule has 34 heavy (non-hydrogen) atoms. The Labute approximate surface area is 199 Å². The van der Waals surface area contributed by atoms with Gasteiger partial charge in [0, 0.05) is 30.2 Å². The first-order valence-corrected chi connectivity index (χ1v) is 11.4. The highest BCUT2D eigenvalue weighted by molar-refractivity contribution is 5.82. The van der Waals surface area contributed by atoms with E-state index in [0.29, 0.717) is 12.0 Å². The zero-order chi connectivity index (χ0) is 24.8. The Balaban J connectivity index is 1.97. The van der Waals surface area contributed by atoms with E-state index in [1.165, 1.54) is 10.6 Å². The van der Waals surface area contributed by atoms with Crippen LogP contribution in [-0.2, 0) is 9.59 Å². The topological polar surface area (TPSA) is 101 Å². The molecule has 2 N–H and O–H groups in total. The van der Waals surface area contributed by atoms with Gasteiger partial charge >= 0.3 is 5.97 Å². The number of amides is 1. The average Bonchev–Trinajstić information content (AvgIpc) is 2.77. The predicted octanol–water partition coefficient (Wildman–Crippen LogP) is 4.45. The lowest BCUT2D eigenvalue weighted by Crippen LogP contribution is -2.40. The Kier molecular flexibility index (Phi) is 7.99. The monoisotopic (exact) mass is 461 g/mol. The second-order valence-corrected chi connectivity index (χ2v) is 9.02. The fourth-order valence-electron chi connectivity index (χ4n) is 4.24. The van der Waals surface area contributed by atoms with Gasteiger partial charge in [0.2, 0.25) is 5.91 Å². The third kappa shape index (κ3) is 5.98. The van der Waals surface area contributed by atoms with E-state index in [1.807, 2.05) is 52.0 Å². The molecule has 1 amide bonds. The molecule has 2 atom stereocenters. The molecule has 0 saturated heterocycles. The first-order valence-electron chi connectivity index (χ1n) is 11.4. The largest absolute Gasteiger partial charge is 0.481 e. The number of nitrogens with one attached hydrogen (secondary N) is 1. The minimum Gasteiger partial charge on any atom is -0.481 e. The van der Waals surface area contributed by atoms with Gasteiger partial charge in [-0.15, -0.1) is 0 Å². The van der Waals surface area contributed by atoms with Gasteiger partial charge in [0.05, 0.1) is 12.5 Å². The molecular weight excluding hydrogens is 430 g/mol. The number of nitrogens with zero attached hydrogens (tertiary/aromatic N) is 2. The number of aryl methyl sites for hydroxylation is 2. The summed E-state index contributed by atoms with van der Waals surface area (Å²) in [5.74, 6) is -1.29. The lowest BCUT2D eigenvalue weighted by Gasteiger charge is -2.25. The maximum absolute atomic E-state index is 13.4. The zero-order valence-electron chi connectivity index (χ0n) is 20.0. The van der Waals surface area contributed by atoms with Crippen LogP contribution in [0.25, 0.3) is 11.1 Å². The Hall–Kier alpha value is -3.74. The van der Waals surface area contributed by atoms with Crippen LogP contribution < -0.4 is 10.9 Å². The minimum atomic E-state index is -1.04. The zero-order valence-corrected chi connectivity index (χ0v) is 20.0. The maximum atomic E-state index is 13.4. The molecule has 0 aliphatic heterocycles. The van der Waals surface area contributed by atoms with Crippen LogP contribution in [0.1, 0.15) is 55.5 Å². The number of rotatable bonds is 9. The van der Waals surface area contributed by atoms with Crippen LogP contribution in [0, 0.1) is 19.8 Å². The van der Waals surface area contributed by atoms with E-state index in [0.717, 1.165) is 22.3 Å². The van der Waals surface area contributed by atoms with Crippen LogP contribution in [-0.4, -0.2) is 26.5 Å². The highest BCUT2D eigenvalue weighted by Crippen LogP contribution is 2.29. The Bertz CT molecular complexity index is 1210. The van der Waals surface area contributed by atoms with E-state index in [1.54, 1.807) is 30.7 Å². The highest BCUT2D eigenvalue weighted by Gasteiger charge is 2.27.